The lowest BCUT2D eigenvalue weighted by atomic mass is 10.0. The minimum Gasteiger partial charge on any atom is -0.489 e. The summed E-state index contributed by atoms with van der Waals surface area (Å²) in [7, 11) is 0. The lowest BCUT2D eigenvalue weighted by Crippen LogP contribution is -2.00. The molecule has 140 valence electrons. The highest BCUT2D eigenvalue weighted by molar-refractivity contribution is 6.30. The van der Waals surface area contributed by atoms with Crippen LogP contribution in [0.25, 0.3) is 6.08 Å². The number of carbonyl (C=O) groups excluding carboxylic acids is 1. The molecule has 28 heavy (non-hydrogen) atoms. The van der Waals surface area contributed by atoms with Crippen LogP contribution in [0.5, 0.6) is 11.5 Å². The van der Waals surface area contributed by atoms with Crippen LogP contribution in [0.15, 0.2) is 66.4 Å². The van der Waals surface area contributed by atoms with Gasteiger partial charge >= 0.3 is 0 Å². The van der Waals surface area contributed by atoms with Gasteiger partial charge in [0.2, 0.25) is 5.78 Å². The quantitative estimate of drug-likeness (QED) is 0.460. The molecular formula is C23H16Cl2O3. The SMILES string of the molecule is Cc1cc(OCc2cccc(Cl)c2)cc2c1C(=O)/C(=C/c1ccc(Cl)cc1)O2. The summed E-state index contributed by atoms with van der Waals surface area (Å²) in [6.45, 7) is 2.25. The van der Waals surface area contributed by atoms with E-state index >= 15 is 0 Å². The number of fused-ring (bicyclic) bond motifs is 1. The zero-order valence-corrected chi connectivity index (χ0v) is 16.6. The van der Waals surface area contributed by atoms with Crippen molar-refractivity contribution in [2.24, 2.45) is 0 Å². The highest BCUT2D eigenvalue weighted by Crippen LogP contribution is 2.37. The Hall–Kier alpha value is -2.75. The normalized spacial score (nSPS) is 14.1. The number of carbonyl (C=O) groups is 1. The van der Waals surface area contributed by atoms with Gasteiger partial charge in [0.25, 0.3) is 0 Å². The summed E-state index contributed by atoms with van der Waals surface area (Å²) in [5.74, 6) is 1.29. The van der Waals surface area contributed by atoms with Crippen LogP contribution < -0.4 is 9.47 Å². The third kappa shape index (κ3) is 3.91. The van der Waals surface area contributed by atoms with Crippen LogP contribution in [0.2, 0.25) is 10.0 Å². The van der Waals surface area contributed by atoms with E-state index in [1.165, 1.54) is 0 Å². The largest absolute Gasteiger partial charge is 0.489 e. The Morgan fingerprint density at radius 3 is 2.54 bits per heavy atom. The first-order chi connectivity index (χ1) is 13.5. The van der Waals surface area contributed by atoms with Gasteiger partial charge in [0, 0.05) is 16.1 Å². The van der Waals surface area contributed by atoms with E-state index in [1.54, 1.807) is 24.3 Å². The zero-order chi connectivity index (χ0) is 19.7. The molecule has 3 aromatic carbocycles. The van der Waals surface area contributed by atoms with Crippen molar-refractivity contribution in [3.8, 4) is 11.5 Å². The van der Waals surface area contributed by atoms with Crippen LogP contribution in [0.1, 0.15) is 27.0 Å². The Labute approximate surface area is 173 Å². The number of rotatable bonds is 4. The van der Waals surface area contributed by atoms with Crippen molar-refractivity contribution in [1.29, 1.82) is 0 Å². The summed E-state index contributed by atoms with van der Waals surface area (Å²) in [5, 5.41) is 1.30. The third-order valence-electron chi connectivity index (χ3n) is 4.41. The molecule has 0 saturated heterocycles. The molecule has 3 aromatic rings. The number of ketones is 1. The predicted molar refractivity (Wildman–Crippen MR) is 111 cm³/mol. The smallest absolute Gasteiger partial charge is 0.232 e. The van der Waals surface area contributed by atoms with E-state index in [2.05, 4.69) is 0 Å². The van der Waals surface area contributed by atoms with Crippen LogP contribution in [0.3, 0.4) is 0 Å². The van der Waals surface area contributed by atoms with Gasteiger partial charge in [0.15, 0.2) is 5.76 Å². The highest BCUT2D eigenvalue weighted by Gasteiger charge is 2.30. The molecule has 0 aliphatic carbocycles. The lowest BCUT2D eigenvalue weighted by Gasteiger charge is -2.09. The van der Waals surface area contributed by atoms with Gasteiger partial charge in [-0.25, -0.2) is 0 Å². The summed E-state index contributed by atoms with van der Waals surface area (Å²) in [5.41, 5.74) is 3.18. The summed E-state index contributed by atoms with van der Waals surface area (Å²) in [6.07, 6.45) is 1.71. The van der Waals surface area contributed by atoms with E-state index in [0.29, 0.717) is 33.7 Å². The van der Waals surface area contributed by atoms with Gasteiger partial charge in [-0.1, -0.05) is 47.5 Å². The third-order valence-corrected chi connectivity index (χ3v) is 4.89. The maximum Gasteiger partial charge on any atom is 0.232 e. The first-order valence-corrected chi connectivity index (χ1v) is 9.47. The molecule has 0 fully saturated rings. The Balaban J connectivity index is 1.56. The van der Waals surface area contributed by atoms with Crippen molar-refractivity contribution >= 4 is 35.1 Å². The van der Waals surface area contributed by atoms with Crippen LogP contribution in [0.4, 0.5) is 0 Å². The second kappa shape index (κ2) is 7.70. The standard InChI is InChI=1S/C23H16Cl2O3/c1-14-9-19(27-13-16-3-2-4-18(25)10-16)12-20-22(14)23(26)21(28-20)11-15-5-7-17(24)8-6-15/h2-12H,13H2,1H3/b21-11-. The first-order valence-electron chi connectivity index (χ1n) is 8.71. The number of aryl methyl sites for hydroxylation is 1. The minimum atomic E-state index is -0.135. The molecule has 0 bridgehead atoms. The lowest BCUT2D eigenvalue weighted by molar-refractivity contribution is 0.101. The zero-order valence-electron chi connectivity index (χ0n) is 15.0. The van der Waals surface area contributed by atoms with Crippen LogP contribution in [-0.4, -0.2) is 5.78 Å². The van der Waals surface area contributed by atoms with Gasteiger partial charge in [-0.15, -0.1) is 0 Å². The first kappa shape index (κ1) is 18.6. The molecule has 1 heterocycles. The molecule has 1 aliphatic rings. The molecule has 0 amide bonds. The highest BCUT2D eigenvalue weighted by atomic mass is 35.5. The van der Waals surface area contributed by atoms with Crippen molar-refractivity contribution < 1.29 is 14.3 Å². The fourth-order valence-electron chi connectivity index (χ4n) is 3.06. The number of ether oxygens (including phenoxy) is 2. The van der Waals surface area contributed by atoms with E-state index in [-0.39, 0.29) is 11.5 Å². The second-order valence-electron chi connectivity index (χ2n) is 6.52. The van der Waals surface area contributed by atoms with Gasteiger partial charge in [-0.2, -0.15) is 0 Å². The molecule has 4 rings (SSSR count). The molecular weight excluding hydrogens is 395 g/mol. The number of allylic oxidation sites excluding steroid dienone is 1. The van der Waals surface area contributed by atoms with E-state index < -0.39 is 0 Å². The van der Waals surface area contributed by atoms with Gasteiger partial charge in [0.1, 0.15) is 18.1 Å². The van der Waals surface area contributed by atoms with Crippen LogP contribution in [-0.2, 0) is 6.61 Å². The van der Waals surface area contributed by atoms with Crippen molar-refractivity contribution in [1.82, 2.24) is 0 Å². The number of benzene rings is 3. The molecule has 0 spiro atoms. The molecule has 5 heteroatoms. The summed E-state index contributed by atoms with van der Waals surface area (Å²) >= 11 is 11.9. The summed E-state index contributed by atoms with van der Waals surface area (Å²) in [4.78, 5) is 12.7. The van der Waals surface area contributed by atoms with Crippen molar-refractivity contribution in [2.75, 3.05) is 0 Å². The Bertz CT molecular complexity index is 1090. The fourth-order valence-corrected chi connectivity index (χ4v) is 3.40. The minimum absolute atomic E-state index is 0.135. The molecule has 0 saturated carbocycles. The fraction of sp³-hybridized carbons (Fsp3) is 0.0870. The average molecular weight is 411 g/mol. The van der Waals surface area contributed by atoms with Gasteiger partial charge in [-0.05, 0) is 60.0 Å². The average Bonchev–Trinajstić information content (AvgIpc) is 2.98. The second-order valence-corrected chi connectivity index (χ2v) is 7.40. The number of halogens is 2. The monoisotopic (exact) mass is 410 g/mol. The van der Waals surface area contributed by atoms with Gasteiger partial charge < -0.3 is 9.47 Å². The van der Waals surface area contributed by atoms with E-state index in [0.717, 1.165) is 16.7 Å². The molecule has 0 atom stereocenters. The maximum absolute atomic E-state index is 12.7. The van der Waals surface area contributed by atoms with Gasteiger partial charge in [0.05, 0.1) is 5.56 Å². The van der Waals surface area contributed by atoms with Crippen molar-refractivity contribution in [3.63, 3.8) is 0 Å². The van der Waals surface area contributed by atoms with Crippen LogP contribution in [0, 0.1) is 6.92 Å². The van der Waals surface area contributed by atoms with Crippen molar-refractivity contribution in [3.05, 3.63) is 98.7 Å². The molecule has 3 nitrogen and oxygen atoms in total. The number of Topliss-reactive ketones (excluding diaryl/α,β-unsaturated/α-hetero) is 1. The van der Waals surface area contributed by atoms with E-state index in [9.17, 15) is 4.79 Å². The number of hydrogen-bond acceptors (Lipinski definition) is 3. The molecule has 0 unspecified atom stereocenters. The maximum atomic E-state index is 12.7. The molecule has 0 aromatic heterocycles. The van der Waals surface area contributed by atoms with Crippen LogP contribution >= 0.6 is 23.2 Å². The molecule has 1 aliphatic heterocycles. The van der Waals surface area contributed by atoms with Gasteiger partial charge in [-0.3, -0.25) is 4.79 Å². The Morgan fingerprint density at radius 2 is 1.79 bits per heavy atom. The number of hydrogen-bond donors (Lipinski definition) is 0. The van der Waals surface area contributed by atoms with E-state index in [1.807, 2.05) is 49.4 Å². The molecule has 0 N–H and O–H groups in total. The predicted octanol–water partition coefficient (Wildman–Crippen LogP) is 6.50. The van der Waals surface area contributed by atoms with Crippen molar-refractivity contribution in [2.45, 2.75) is 13.5 Å². The topological polar surface area (TPSA) is 35.5 Å². The Morgan fingerprint density at radius 1 is 1.00 bits per heavy atom. The summed E-state index contributed by atoms with van der Waals surface area (Å²) in [6, 6.07) is 18.3. The summed E-state index contributed by atoms with van der Waals surface area (Å²) < 4.78 is 11.7. The Kier molecular flexibility index (Phi) is 5.12. The van der Waals surface area contributed by atoms with E-state index in [4.69, 9.17) is 32.7 Å². The molecule has 0 radical (unpaired) electrons.